The third-order valence-corrected chi connectivity index (χ3v) is 6.47. The Hall–Kier alpha value is -3.38. The Bertz CT molecular complexity index is 1500. The van der Waals surface area contributed by atoms with Gasteiger partial charge in [0.15, 0.2) is 11.5 Å². The summed E-state index contributed by atoms with van der Waals surface area (Å²) in [6.45, 7) is 6.73. The molecule has 1 aliphatic rings. The number of hydrogen-bond acceptors (Lipinski definition) is 5. The van der Waals surface area contributed by atoms with Crippen molar-refractivity contribution < 1.29 is 19.4 Å². The number of aliphatic hydroxyl groups excluding tert-OH is 1. The Kier molecular flexibility index (Phi) is 4.37. The molecule has 164 valence electrons. The Morgan fingerprint density at radius 3 is 2.47 bits per heavy atom. The minimum Gasteiger partial charge on any atom is -0.483 e. The highest BCUT2D eigenvalue weighted by Gasteiger charge is 2.47. The lowest BCUT2D eigenvalue weighted by molar-refractivity contribution is -0.174. The van der Waals surface area contributed by atoms with E-state index in [0.717, 1.165) is 21.9 Å². The smallest absolute Gasteiger partial charge is 0.303 e. The van der Waals surface area contributed by atoms with Gasteiger partial charge in [0.25, 0.3) is 0 Å². The van der Waals surface area contributed by atoms with Crippen LogP contribution in [0.15, 0.2) is 47.3 Å². The van der Waals surface area contributed by atoms with Gasteiger partial charge in [0.2, 0.25) is 0 Å². The van der Waals surface area contributed by atoms with E-state index < -0.39 is 23.8 Å². The van der Waals surface area contributed by atoms with Crippen LogP contribution < -0.4 is 10.2 Å². The first-order chi connectivity index (χ1) is 15.1. The normalized spacial score (nSPS) is 19.7. The van der Waals surface area contributed by atoms with Crippen LogP contribution in [0.25, 0.3) is 32.6 Å². The van der Waals surface area contributed by atoms with Gasteiger partial charge in [-0.15, -0.1) is 0 Å². The number of aliphatic hydroxyl groups is 1. The fourth-order valence-electron chi connectivity index (χ4n) is 4.99. The number of hydrogen-bond donors (Lipinski definition) is 1. The van der Waals surface area contributed by atoms with Crippen LogP contribution in [0.1, 0.15) is 38.0 Å². The molecule has 0 spiro atoms. The fraction of sp³-hybridized carbons (Fsp3) is 0.308. The number of esters is 1. The molecule has 0 bridgehead atoms. The zero-order valence-electron chi connectivity index (χ0n) is 18.7. The van der Waals surface area contributed by atoms with E-state index >= 15 is 0 Å². The van der Waals surface area contributed by atoms with Gasteiger partial charge in [0, 0.05) is 24.7 Å². The van der Waals surface area contributed by atoms with E-state index in [1.54, 1.807) is 19.9 Å². The number of carbonyl (C=O) groups is 1. The van der Waals surface area contributed by atoms with Gasteiger partial charge >= 0.3 is 5.97 Å². The molecule has 0 saturated heterocycles. The van der Waals surface area contributed by atoms with Crippen molar-refractivity contribution in [3.8, 4) is 5.75 Å². The molecule has 1 aromatic heterocycles. The van der Waals surface area contributed by atoms with Gasteiger partial charge in [-0.25, -0.2) is 0 Å². The van der Waals surface area contributed by atoms with E-state index in [9.17, 15) is 14.7 Å². The monoisotopic (exact) mass is 431 g/mol. The summed E-state index contributed by atoms with van der Waals surface area (Å²) in [6, 6.07) is 13.6. The van der Waals surface area contributed by atoms with Gasteiger partial charge < -0.3 is 19.1 Å². The quantitative estimate of drug-likeness (QED) is 0.359. The predicted molar refractivity (Wildman–Crippen MR) is 124 cm³/mol. The number of nitrogens with zero attached hydrogens (tertiary/aromatic N) is 1. The number of ether oxygens (including phenoxy) is 2. The van der Waals surface area contributed by atoms with Crippen molar-refractivity contribution in [2.24, 2.45) is 7.05 Å². The number of carbonyl (C=O) groups excluding carboxylic acids is 1. The van der Waals surface area contributed by atoms with Crippen LogP contribution >= 0.6 is 0 Å². The lowest BCUT2D eigenvalue weighted by atomic mass is 9.85. The summed E-state index contributed by atoms with van der Waals surface area (Å²) in [5.41, 5.74) is 1.54. The molecule has 2 atom stereocenters. The van der Waals surface area contributed by atoms with Crippen LogP contribution in [-0.4, -0.2) is 27.3 Å². The Morgan fingerprint density at radius 2 is 1.81 bits per heavy atom. The first kappa shape index (κ1) is 20.5. The van der Waals surface area contributed by atoms with E-state index in [-0.39, 0.29) is 5.43 Å². The molecule has 0 fully saturated rings. The van der Waals surface area contributed by atoms with Gasteiger partial charge in [-0.3, -0.25) is 9.59 Å². The second-order valence-electron chi connectivity index (χ2n) is 9.11. The summed E-state index contributed by atoms with van der Waals surface area (Å²) in [7, 11) is 1.88. The molecule has 1 N–H and O–H groups in total. The second-order valence-corrected chi connectivity index (χ2v) is 9.11. The summed E-state index contributed by atoms with van der Waals surface area (Å²) < 4.78 is 13.6. The number of benzene rings is 3. The number of aryl methyl sites for hydroxylation is 2. The zero-order chi connectivity index (χ0) is 22.9. The van der Waals surface area contributed by atoms with E-state index in [2.05, 4.69) is 0 Å². The topological polar surface area (TPSA) is 77.8 Å². The largest absolute Gasteiger partial charge is 0.483 e. The highest BCUT2D eigenvalue weighted by atomic mass is 16.6. The standard InChI is InChI=1S/C26H25NO5/c1-13-10-19-21(24(30)25(31-14(2)28)26(3,4)32-19)22-20(13)23(29)17-11-15-8-6-7-9-16(15)12-18(17)27(22)5/h6-12,24-25,30H,1-5H3. The zero-order valence-corrected chi connectivity index (χ0v) is 18.7. The van der Waals surface area contributed by atoms with Gasteiger partial charge in [-0.1, -0.05) is 24.3 Å². The van der Waals surface area contributed by atoms with Crippen molar-refractivity contribution in [1.29, 1.82) is 0 Å². The molecule has 0 aliphatic carbocycles. The number of pyridine rings is 1. The molecule has 6 nitrogen and oxygen atoms in total. The highest BCUT2D eigenvalue weighted by Crippen LogP contribution is 2.45. The average Bonchev–Trinajstić information content (AvgIpc) is 2.72. The van der Waals surface area contributed by atoms with Gasteiger partial charge in [0.05, 0.1) is 16.6 Å². The molecular weight excluding hydrogens is 406 g/mol. The summed E-state index contributed by atoms with van der Waals surface area (Å²) in [5.74, 6) is -0.0116. The number of rotatable bonds is 1. The molecule has 4 aromatic rings. The molecule has 2 heterocycles. The van der Waals surface area contributed by atoms with Crippen molar-refractivity contribution >= 4 is 38.5 Å². The van der Waals surface area contributed by atoms with Crippen LogP contribution in [0, 0.1) is 6.92 Å². The molecule has 5 rings (SSSR count). The number of aromatic nitrogens is 1. The molecule has 0 amide bonds. The van der Waals surface area contributed by atoms with Gasteiger partial charge in [-0.05, 0) is 55.3 Å². The number of fused-ring (bicyclic) bond motifs is 5. The molecule has 0 radical (unpaired) electrons. The van der Waals surface area contributed by atoms with Crippen LogP contribution in [0.2, 0.25) is 0 Å². The lowest BCUT2D eigenvalue weighted by Gasteiger charge is -2.42. The minimum absolute atomic E-state index is 0.0970. The lowest BCUT2D eigenvalue weighted by Crippen LogP contribution is -2.51. The van der Waals surface area contributed by atoms with Crippen LogP contribution in [-0.2, 0) is 16.6 Å². The molecule has 2 unspecified atom stereocenters. The molecule has 3 aromatic carbocycles. The van der Waals surface area contributed by atoms with Crippen molar-refractivity contribution in [1.82, 2.24) is 4.57 Å². The summed E-state index contributed by atoms with van der Waals surface area (Å²) in [5, 5.41) is 14.5. The molecule has 32 heavy (non-hydrogen) atoms. The maximum atomic E-state index is 13.7. The molecule has 6 heteroatoms. The van der Waals surface area contributed by atoms with Gasteiger partial charge in [-0.2, -0.15) is 0 Å². The van der Waals surface area contributed by atoms with Gasteiger partial charge in [0.1, 0.15) is 17.5 Å². The van der Waals surface area contributed by atoms with Crippen molar-refractivity contribution in [3.05, 3.63) is 63.8 Å². The Morgan fingerprint density at radius 1 is 1.16 bits per heavy atom. The summed E-state index contributed by atoms with van der Waals surface area (Å²) in [6.07, 6.45) is -2.06. The molecule has 1 aliphatic heterocycles. The second kappa shape index (κ2) is 6.81. The SMILES string of the molecule is CC(=O)OC1C(O)c2c(cc(C)c3c(=O)c4cc5ccccc5cc4n(C)c23)OC1(C)C. The van der Waals surface area contributed by atoms with E-state index in [4.69, 9.17) is 9.47 Å². The first-order valence-corrected chi connectivity index (χ1v) is 10.6. The average molecular weight is 431 g/mol. The van der Waals surface area contributed by atoms with E-state index in [0.29, 0.717) is 27.6 Å². The van der Waals surface area contributed by atoms with E-state index in [1.165, 1.54) is 6.92 Å². The van der Waals surface area contributed by atoms with Crippen LogP contribution in [0.4, 0.5) is 0 Å². The van der Waals surface area contributed by atoms with Crippen molar-refractivity contribution in [3.63, 3.8) is 0 Å². The first-order valence-electron chi connectivity index (χ1n) is 10.6. The molecule has 0 saturated carbocycles. The summed E-state index contributed by atoms with van der Waals surface area (Å²) in [4.78, 5) is 25.4. The highest BCUT2D eigenvalue weighted by molar-refractivity contribution is 6.03. The minimum atomic E-state index is -1.15. The third kappa shape index (κ3) is 2.83. The van der Waals surface area contributed by atoms with Crippen LogP contribution in [0.5, 0.6) is 5.75 Å². The summed E-state index contributed by atoms with van der Waals surface area (Å²) >= 11 is 0. The van der Waals surface area contributed by atoms with E-state index in [1.807, 2.05) is 54.9 Å². The Labute approximate surface area is 185 Å². The van der Waals surface area contributed by atoms with Crippen LogP contribution in [0.3, 0.4) is 0 Å². The maximum absolute atomic E-state index is 13.7. The fourth-order valence-corrected chi connectivity index (χ4v) is 4.99. The van der Waals surface area contributed by atoms with Crippen molar-refractivity contribution in [2.45, 2.75) is 45.5 Å². The third-order valence-electron chi connectivity index (χ3n) is 6.47. The van der Waals surface area contributed by atoms with Crippen molar-refractivity contribution in [2.75, 3.05) is 0 Å². The Balaban J connectivity index is 1.92. The molecular formula is C26H25NO5. The maximum Gasteiger partial charge on any atom is 0.303 e. The predicted octanol–water partition coefficient (Wildman–Crippen LogP) is 4.29.